The molecule has 0 fully saturated rings. The lowest BCUT2D eigenvalue weighted by Gasteiger charge is -2.11. The first-order valence-corrected chi connectivity index (χ1v) is 7.34. The summed E-state index contributed by atoms with van der Waals surface area (Å²) in [5, 5.41) is 21.7. The van der Waals surface area contributed by atoms with Gasteiger partial charge in [0.2, 0.25) is 5.91 Å². The zero-order valence-electron chi connectivity index (χ0n) is 13.6. The first-order valence-electron chi connectivity index (χ1n) is 7.34. The minimum atomic E-state index is -0.634. The predicted molar refractivity (Wildman–Crippen MR) is 82.8 cm³/mol. The van der Waals surface area contributed by atoms with E-state index < -0.39 is 11.0 Å². The van der Waals surface area contributed by atoms with E-state index in [1.165, 1.54) is 10.7 Å². The summed E-state index contributed by atoms with van der Waals surface area (Å²) in [5.74, 6) is -0.517. The monoisotopic (exact) mass is 320 g/mol. The van der Waals surface area contributed by atoms with Crippen molar-refractivity contribution >= 4 is 11.7 Å². The van der Waals surface area contributed by atoms with Crippen molar-refractivity contribution in [2.75, 3.05) is 0 Å². The summed E-state index contributed by atoms with van der Waals surface area (Å²) in [5.41, 5.74) is 2.51. The normalized spacial score (nSPS) is 12.2. The fourth-order valence-electron chi connectivity index (χ4n) is 2.37. The lowest BCUT2D eigenvalue weighted by atomic mass is 10.2. The Morgan fingerprint density at radius 1 is 1.48 bits per heavy atom. The largest absolute Gasteiger partial charge is 0.390 e. The third kappa shape index (κ3) is 3.38. The molecule has 0 aromatic carbocycles. The fraction of sp³-hybridized carbons (Fsp3) is 0.500. The molecule has 1 amide bonds. The second-order valence-corrected chi connectivity index (χ2v) is 5.31. The molecule has 9 nitrogen and oxygen atoms in total. The van der Waals surface area contributed by atoms with Gasteiger partial charge in [-0.25, -0.2) is 0 Å². The maximum atomic E-state index is 12.3. The number of nitro groups is 1. The number of hydrogen-bond donors (Lipinski definition) is 1. The Hall–Kier alpha value is -2.71. The molecule has 0 radical (unpaired) electrons. The molecule has 0 saturated heterocycles. The molecule has 0 saturated carbocycles. The van der Waals surface area contributed by atoms with Gasteiger partial charge in [0.15, 0.2) is 0 Å². The molecule has 2 aromatic rings. The molecular weight excluding hydrogens is 300 g/mol. The molecule has 2 rings (SSSR count). The Bertz CT molecular complexity index is 733. The molecule has 0 bridgehead atoms. The van der Waals surface area contributed by atoms with Gasteiger partial charge < -0.3 is 15.4 Å². The number of nitrogens with zero attached hydrogens (tertiary/aromatic N) is 5. The van der Waals surface area contributed by atoms with Crippen LogP contribution in [0.3, 0.4) is 0 Å². The van der Waals surface area contributed by atoms with Crippen LogP contribution in [-0.2, 0) is 17.9 Å². The van der Waals surface area contributed by atoms with Crippen LogP contribution in [0.4, 0.5) is 5.82 Å². The van der Waals surface area contributed by atoms with Crippen LogP contribution in [0.25, 0.3) is 0 Å². The standard InChI is InChI=1S/C14H20N6O3/c1-5-18-10(3)12(8-16-18)7-15-14(21)11(4)19-9(2)6-13(17-19)20(22)23/h6,8,11H,5,7H2,1-4H3,(H,15,21). The van der Waals surface area contributed by atoms with Crippen molar-refractivity contribution in [1.82, 2.24) is 24.9 Å². The quantitative estimate of drug-likeness (QED) is 0.641. The van der Waals surface area contributed by atoms with E-state index >= 15 is 0 Å². The molecule has 1 N–H and O–H groups in total. The predicted octanol–water partition coefficient (Wildman–Crippen LogP) is 1.50. The van der Waals surface area contributed by atoms with E-state index in [4.69, 9.17) is 0 Å². The summed E-state index contributed by atoms with van der Waals surface area (Å²) in [7, 11) is 0. The second-order valence-electron chi connectivity index (χ2n) is 5.31. The highest BCUT2D eigenvalue weighted by Gasteiger charge is 2.24. The smallest absolute Gasteiger partial charge is 0.358 e. The molecule has 0 aliphatic heterocycles. The van der Waals surface area contributed by atoms with Crippen molar-refractivity contribution in [1.29, 1.82) is 0 Å². The van der Waals surface area contributed by atoms with Gasteiger partial charge in [-0.2, -0.15) is 9.78 Å². The number of aryl methyl sites for hydroxylation is 2. The molecule has 0 aliphatic rings. The number of amides is 1. The van der Waals surface area contributed by atoms with Gasteiger partial charge in [-0.1, -0.05) is 0 Å². The molecule has 0 aliphatic carbocycles. The van der Waals surface area contributed by atoms with Crippen LogP contribution in [0, 0.1) is 24.0 Å². The van der Waals surface area contributed by atoms with Crippen LogP contribution < -0.4 is 5.32 Å². The summed E-state index contributed by atoms with van der Waals surface area (Å²) in [6.07, 6.45) is 1.73. The SMILES string of the molecule is CCn1ncc(CNC(=O)C(C)n2nc([N+](=O)[O-])cc2C)c1C. The maximum Gasteiger partial charge on any atom is 0.390 e. The van der Waals surface area contributed by atoms with Crippen molar-refractivity contribution in [3.63, 3.8) is 0 Å². The van der Waals surface area contributed by atoms with Crippen LogP contribution in [0.2, 0.25) is 0 Å². The highest BCUT2D eigenvalue weighted by molar-refractivity contribution is 5.79. The minimum absolute atomic E-state index is 0.255. The van der Waals surface area contributed by atoms with Gasteiger partial charge in [0.05, 0.1) is 23.1 Å². The Labute approximate surface area is 133 Å². The number of carbonyl (C=O) groups is 1. The summed E-state index contributed by atoms with van der Waals surface area (Å²) in [4.78, 5) is 22.5. The molecule has 23 heavy (non-hydrogen) atoms. The zero-order chi connectivity index (χ0) is 17.1. The van der Waals surface area contributed by atoms with Crippen molar-refractivity contribution in [2.45, 2.75) is 46.8 Å². The third-order valence-corrected chi connectivity index (χ3v) is 3.80. The first kappa shape index (κ1) is 16.7. The zero-order valence-corrected chi connectivity index (χ0v) is 13.6. The Balaban J connectivity index is 2.05. The van der Waals surface area contributed by atoms with Gasteiger partial charge in [0.25, 0.3) is 0 Å². The van der Waals surface area contributed by atoms with Gasteiger partial charge >= 0.3 is 5.82 Å². The number of carbonyl (C=O) groups excluding carboxylic acids is 1. The van der Waals surface area contributed by atoms with Crippen molar-refractivity contribution in [3.8, 4) is 0 Å². The van der Waals surface area contributed by atoms with Crippen LogP contribution in [-0.4, -0.2) is 30.4 Å². The number of hydrogen-bond acceptors (Lipinski definition) is 5. The van der Waals surface area contributed by atoms with E-state index in [1.54, 1.807) is 20.0 Å². The van der Waals surface area contributed by atoms with Crippen LogP contribution in [0.1, 0.15) is 36.8 Å². The molecule has 0 spiro atoms. The summed E-state index contributed by atoms with van der Waals surface area (Å²) in [6, 6.07) is 0.712. The first-order chi connectivity index (χ1) is 10.8. The van der Waals surface area contributed by atoms with Gasteiger partial charge in [-0.3, -0.25) is 9.48 Å². The Morgan fingerprint density at radius 2 is 2.17 bits per heavy atom. The van der Waals surface area contributed by atoms with Gasteiger partial charge in [-0.15, -0.1) is 0 Å². The lowest BCUT2D eigenvalue weighted by molar-refractivity contribution is -0.389. The van der Waals surface area contributed by atoms with Gasteiger partial charge in [0, 0.05) is 24.3 Å². The maximum absolute atomic E-state index is 12.3. The van der Waals surface area contributed by atoms with Crippen molar-refractivity contribution in [3.05, 3.63) is 39.3 Å². The summed E-state index contributed by atoms with van der Waals surface area (Å²) >= 11 is 0. The topological polar surface area (TPSA) is 108 Å². The average molecular weight is 320 g/mol. The second kappa shape index (κ2) is 6.59. The molecule has 124 valence electrons. The average Bonchev–Trinajstić information content (AvgIpc) is 3.07. The highest BCUT2D eigenvalue weighted by atomic mass is 16.6. The Kier molecular flexibility index (Phi) is 4.77. The number of rotatable bonds is 6. The van der Waals surface area contributed by atoms with E-state index in [1.807, 2.05) is 18.5 Å². The molecular formula is C14H20N6O3. The molecule has 1 atom stereocenters. The Morgan fingerprint density at radius 3 is 2.70 bits per heavy atom. The van der Waals surface area contributed by atoms with Crippen molar-refractivity contribution in [2.24, 2.45) is 0 Å². The minimum Gasteiger partial charge on any atom is -0.358 e. The van der Waals surface area contributed by atoms with Crippen LogP contribution in [0.15, 0.2) is 12.3 Å². The number of aromatic nitrogens is 4. The van der Waals surface area contributed by atoms with Gasteiger partial charge in [0.1, 0.15) is 6.04 Å². The van der Waals surface area contributed by atoms with Gasteiger partial charge in [-0.05, 0) is 32.6 Å². The van der Waals surface area contributed by atoms with E-state index in [0.29, 0.717) is 12.2 Å². The van der Waals surface area contributed by atoms with E-state index in [0.717, 1.165) is 17.8 Å². The summed E-state index contributed by atoms with van der Waals surface area (Å²) in [6.45, 7) is 8.41. The lowest BCUT2D eigenvalue weighted by Crippen LogP contribution is -2.31. The molecule has 9 heteroatoms. The highest BCUT2D eigenvalue weighted by Crippen LogP contribution is 2.16. The van der Waals surface area contributed by atoms with E-state index in [2.05, 4.69) is 15.5 Å². The van der Waals surface area contributed by atoms with E-state index in [9.17, 15) is 14.9 Å². The summed E-state index contributed by atoms with van der Waals surface area (Å²) < 4.78 is 3.21. The van der Waals surface area contributed by atoms with Crippen LogP contribution in [0.5, 0.6) is 0 Å². The van der Waals surface area contributed by atoms with Crippen molar-refractivity contribution < 1.29 is 9.72 Å². The fourth-order valence-corrected chi connectivity index (χ4v) is 2.37. The molecule has 1 unspecified atom stereocenters. The van der Waals surface area contributed by atoms with E-state index in [-0.39, 0.29) is 11.7 Å². The third-order valence-electron chi connectivity index (χ3n) is 3.80. The van der Waals surface area contributed by atoms with Crippen LogP contribution >= 0.6 is 0 Å². The molecule has 2 heterocycles. The molecule has 2 aromatic heterocycles. The number of nitrogens with one attached hydrogen (secondary N) is 1.